The minimum Gasteiger partial charge on any atom is -0.462 e. The van der Waals surface area contributed by atoms with Gasteiger partial charge in [-0.05, 0) is 46.2 Å². The fraction of sp³-hybridized carbons (Fsp3) is 0.478. The van der Waals surface area contributed by atoms with Crippen LogP contribution in [0.4, 0.5) is 5.82 Å². The third-order valence-corrected chi connectivity index (χ3v) is 6.30. The summed E-state index contributed by atoms with van der Waals surface area (Å²) in [5.74, 6) is 0.564. The van der Waals surface area contributed by atoms with E-state index in [9.17, 15) is 4.79 Å². The molecule has 2 aromatic heterocycles. The second kappa shape index (κ2) is 12.7. The first-order chi connectivity index (χ1) is 16.8. The standard InChI is InChI=1S/C23H33N6O5P/c1-6-18(33-17(5)29-14-27-20-21(24)25-13-26-22(20)29)12-31-35(34-19-10-8-7-9-11-19)28-16(4)23(30)32-15(2)3/h7-11,13-18,28H,6,12H2,1-5H3,(H2,24,25,26). The molecule has 11 nitrogen and oxygen atoms in total. The molecule has 0 saturated carbocycles. The van der Waals surface area contributed by atoms with Crippen molar-refractivity contribution in [3.8, 4) is 5.75 Å². The van der Waals surface area contributed by atoms with E-state index in [1.165, 1.54) is 6.33 Å². The van der Waals surface area contributed by atoms with Crippen LogP contribution in [0.5, 0.6) is 5.75 Å². The lowest BCUT2D eigenvalue weighted by Gasteiger charge is -2.26. The van der Waals surface area contributed by atoms with Crippen molar-refractivity contribution in [3.63, 3.8) is 0 Å². The van der Waals surface area contributed by atoms with E-state index in [1.807, 2.05) is 44.2 Å². The molecule has 3 N–H and O–H groups in total. The van der Waals surface area contributed by atoms with Crippen molar-refractivity contribution in [2.45, 2.75) is 65.5 Å². The zero-order valence-electron chi connectivity index (χ0n) is 20.6. The molecule has 2 heterocycles. The molecule has 0 radical (unpaired) electrons. The van der Waals surface area contributed by atoms with E-state index < -0.39 is 14.6 Å². The number of nitrogens with zero attached hydrogens (tertiary/aromatic N) is 4. The summed E-state index contributed by atoms with van der Waals surface area (Å²) in [6, 6.07) is 8.66. The Balaban J connectivity index is 1.65. The van der Waals surface area contributed by atoms with Crippen LogP contribution in [0.2, 0.25) is 0 Å². The monoisotopic (exact) mass is 504 g/mol. The Kier molecular flexibility index (Phi) is 9.73. The highest BCUT2D eigenvalue weighted by Crippen LogP contribution is 2.37. The highest BCUT2D eigenvalue weighted by molar-refractivity contribution is 7.45. The van der Waals surface area contributed by atoms with Crippen LogP contribution in [0.15, 0.2) is 43.0 Å². The molecular weight excluding hydrogens is 471 g/mol. The maximum atomic E-state index is 12.3. The summed E-state index contributed by atoms with van der Waals surface area (Å²) in [4.78, 5) is 24.8. The Hall–Kier alpha value is -2.85. The second-order valence-electron chi connectivity index (χ2n) is 8.14. The van der Waals surface area contributed by atoms with Crippen molar-refractivity contribution in [3.05, 3.63) is 43.0 Å². The van der Waals surface area contributed by atoms with E-state index in [4.69, 9.17) is 24.3 Å². The van der Waals surface area contributed by atoms with Crippen molar-refractivity contribution in [1.29, 1.82) is 0 Å². The number of ether oxygens (including phenoxy) is 2. The Labute approximate surface area is 206 Å². The van der Waals surface area contributed by atoms with Crippen LogP contribution in [0.3, 0.4) is 0 Å². The predicted molar refractivity (Wildman–Crippen MR) is 133 cm³/mol. The number of hydrogen-bond acceptors (Lipinski definition) is 10. The van der Waals surface area contributed by atoms with Crippen LogP contribution in [-0.2, 0) is 18.8 Å². The maximum absolute atomic E-state index is 12.3. The van der Waals surface area contributed by atoms with E-state index in [2.05, 4.69) is 20.0 Å². The quantitative estimate of drug-likeness (QED) is 0.260. The smallest absolute Gasteiger partial charge is 0.323 e. The van der Waals surface area contributed by atoms with Crippen LogP contribution in [0, 0.1) is 0 Å². The lowest BCUT2D eigenvalue weighted by atomic mass is 10.3. The van der Waals surface area contributed by atoms with Crippen molar-refractivity contribution in [1.82, 2.24) is 24.6 Å². The molecule has 0 bridgehead atoms. The van der Waals surface area contributed by atoms with E-state index in [1.54, 1.807) is 31.7 Å². The number of rotatable bonds is 13. The fourth-order valence-electron chi connectivity index (χ4n) is 3.10. The number of aromatic nitrogens is 4. The molecule has 0 fully saturated rings. The first-order valence-corrected chi connectivity index (χ1v) is 12.7. The van der Waals surface area contributed by atoms with E-state index in [0.717, 1.165) is 0 Å². The third-order valence-electron chi connectivity index (χ3n) is 4.94. The summed E-state index contributed by atoms with van der Waals surface area (Å²) in [5.41, 5.74) is 7.01. The average Bonchev–Trinajstić information content (AvgIpc) is 3.27. The first kappa shape index (κ1) is 26.7. The third kappa shape index (κ3) is 7.57. The van der Waals surface area contributed by atoms with Crippen molar-refractivity contribution >= 4 is 31.5 Å². The Bertz CT molecular complexity index is 1080. The number of carbonyl (C=O) groups excluding carboxylic acids is 1. The number of hydrogen-bond donors (Lipinski definition) is 2. The lowest BCUT2D eigenvalue weighted by Crippen LogP contribution is -2.35. The zero-order chi connectivity index (χ0) is 25.4. The van der Waals surface area contributed by atoms with Crippen LogP contribution in [0.25, 0.3) is 11.2 Å². The molecule has 0 aliphatic heterocycles. The molecule has 0 aliphatic rings. The summed E-state index contributed by atoms with van der Waals surface area (Å²) in [5, 5.41) is 3.11. The molecule has 0 spiro atoms. The maximum Gasteiger partial charge on any atom is 0.323 e. The topological polar surface area (TPSA) is 136 Å². The Morgan fingerprint density at radius 2 is 1.89 bits per heavy atom. The summed E-state index contributed by atoms with van der Waals surface area (Å²) in [6.07, 6.45) is 2.86. The highest BCUT2D eigenvalue weighted by Gasteiger charge is 2.25. The van der Waals surface area contributed by atoms with Gasteiger partial charge >= 0.3 is 14.5 Å². The normalized spacial score (nSPS) is 15.0. The van der Waals surface area contributed by atoms with Gasteiger partial charge in [-0.1, -0.05) is 25.1 Å². The molecule has 0 saturated heterocycles. The van der Waals surface area contributed by atoms with Gasteiger partial charge in [-0.25, -0.2) is 20.0 Å². The number of nitrogens with one attached hydrogen (secondary N) is 1. The van der Waals surface area contributed by atoms with Crippen LogP contribution >= 0.6 is 8.53 Å². The molecule has 3 rings (SSSR count). The molecule has 4 unspecified atom stereocenters. The largest absolute Gasteiger partial charge is 0.462 e. The van der Waals surface area contributed by atoms with Crippen molar-refractivity contribution in [2.24, 2.45) is 0 Å². The Morgan fingerprint density at radius 1 is 1.14 bits per heavy atom. The molecule has 1 aromatic carbocycles. The second-order valence-corrected chi connectivity index (χ2v) is 9.36. The molecular formula is C23H33N6O5P. The molecule has 0 aliphatic carbocycles. The SMILES string of the molecule is CCC(COP(NC(C)C(=O)OC(C)C)Oc1ccccc1)OC(C)n1cnc2c(N)ncnc21. The number of fused-ring (bicyclic) bond motifs is 1. The average molecular weight is 505 g/mol. The predicted octanol–water partition coefficient (Wildman–Crippen LogP) is 3.97. The van der Waals surface area contributed by atoms with Gasteiger partial charge in [0.1, 0.15) is 29.9 Å². The molecule has 4 atom stereocenters. The molecule has 190 valence electrons. The highest BCUT2D eigenvalue weighted by atomic mass is 31.2. The Morgan fingerprint density at radius 3 is 2.57 bits per heavy atom. The molecule has 35 heavy (non-hydrogen) atoms. The summed E-state index contributed by atoms with van der Waals surface area (Å²) in [6.45, 7) is 9.46. The van der Waals surface area contributed by atoms with Crippen LogP contribution < -0.4 is 15.3 Å². The minimum atomic E-state index is -1.66. The number of carbonyl (C=O) groups is 1. The number of nitrogens with two attached hydrogens (primary N) is 1. The first-order valence-electron chi connectivity index (χ1n) is 11.5. The number of nitrogen functional groups attached to an aromatic ring is 1. The van der Waals surface area contributed by atoms with Gasteiger partial charge in [0.15, 0.2) is 11.5 Å². The van der Waals surface area contributed by atoms with Crippen molar-refractivity contribution < 1.29 is 23.3 Å². The lowest BCUT2D eigenvalue weighted by molar-refractivity contribution is -0.149. The van der Waals surface area contributed by atoms with Gasteiger partial charge in [-0.15, -0.1) is 0 Å². The van der Waals surface area contributed by atoms with Crippen LogP contribution in [0.1, 0.15) is 47.3 Å². The van der Waals surface area contributed by atoms with Gasteiger partial charge in [0, 0.05) is 0 Å². The van der Waals surface area contributed by atoms with Gasteiger partial charge in [-0.3, -0.25) is 9.36 Å². The number of anilines is 1. The van der Waals surface area contributed by atoms with Crippen molar-refractivity contribution in [2.75, 3.05) is 12.3 Å². The van der Waals surface area contributed by atoms with Gasteiger partial charge in [-0.2, -0.15) is 0 Å². The van der Waals surface area contributed by atoms with Gasteiger partial charge < -0.3 is 24.3 Å². The van der Waals surface area contributed by atoms with Crippen LogP contribution in [-0.4, -0.2) is 50.3 Å². The summed E-state index contributed by atoms with van der Waals surface area (Å²) < 4.78 is 25.4. The summed E-state index contributed by atoms with van der Waals surface area (Å²) >= 11 is 0. The minimum absolute atomic E-state index is 0.215. The molecule has 0 amide bonds. The molecule has 12 heteroatoms. The van der Waals surface area contributed by atoms with Gasteiger partial charge in [0.25, 0.3) is 0 Å². The number of benzene rings is 1. The van der Waals surface area contributed by atoms with Gasteiger partial charge in [0.2, 0.25) is 0 Å². The summed E-state index contributed by atoms with van der Waals surface area (Å²) in [7, 11) is -1.66. The van der Waals surface area contributed by atoms with E-state index in [-0.39, 0.29) is 31.0 Å². The van der Waals surface area contributed by atoms with E-state index >= 15 is 0 Å². The number of esters is 1. The fourth-order valence-corrected chi connectivity index (χ4v) is 4.31. The number of para-hydroxylation sites is 1. The molecule has 3 aromatic rings. The number of imidazole rings is 1. The van der Waals surface area contributed by atoms with E-state index in [0.29, 0.717) is 29.2 Å². The zero-order valence-corrected chi connectivity index (χ0v) is 21.5. The van der Waals surface area contributed by atoms with Gasteiger partial charge in [0.05, 0.1) is 25.1 Å².